The van der Waals surface area contributed by atoms with Crippen molar-refractivity contribution in [2.75, 3.05) is 0 Å². The van der Waals surface area contributed by atoms with E-state index in [-0.39, 0.29) is 0 Å². The Balaban J connectivity index is 2.19. The zero-order chi connectivity index (χ0) is 21.4. The summed E-state index contributed by atoms with van der Waals surface area (Å²) in [5.74, 6) is 0. The first-order chi connectivity index (χ1) is 14.4. The fourth-order valence-electron chi connectivity index (χ4n) is 4.15. The molecule has 0 heterocycles. The van der Waals surface area contributed by atoms with Gasteiger partial charge in [0.1, 0.15) is 12.2 Å². The Hall–Kier alpha value is -2.76. The van der Waals surface area contributed by atoms with Crippen molar-refractivity contribution in [2.24, 2.45) is 0 Å². The van der Waals surface area contributed by atoms with Crippen molar-refractivity contribution in [3.05, 3.63) is 83.9 Å². The summed E-state index contributed by atoms with van der Waals surface area (Å²) in [6.45, 7) is 3.11. The molecule has 154 valence electrons. The molecule has 0 aromatic heterocycles. The molecule has 4 aromatic carbocycles. The van der Waals surface area contributed by atoms with Crippen LogP contribution in [0.3, 0.4) is 0 Å². The molecule has 30 heavy (non-hydrogen) atoms. The van der Waals surface area contributed by atoms with E-state index in [1.54, 1.807) is 13.8 Å². The zero-order valence-electron chi connectivity index (χ0n) is 17.0. The maximum absolute atomic E-state index is 10.8. The van der Waals surface area contributed by atoms with Crippen LogP contribution in [0, 0.1) is 0 Å². The van der Waals surface area contributed by atoms with Crippen molar-refractivity contribution in [3.63, 3.8) is 0 Å². The summed E-state index contributed by atoms with van der Waals surface area (Å²) in [4.78, 5) is 0. The third-order valence-electron chi connectivity index (χ3n) is 5.72. The van der Waals surface area contributed by atoms with Crippen LogP contribution < -0.4 is 0 Å². The third kappa shape index (κ3) is 3.48. The van der Waals surface area contributed by atoms with Gasteiger partial charge in [-0.2, -0.15) is 0 Å². The van der Waals surface area contributed by atoms with E-state index in [2.05, 4.69) is 0 Å². The van der Waals surface area contributed by atoms with Gasteiger partial charge in [0.15, 0.2) is 0 Å². The smallest absolute Gasteiger partial charge is 0.105 e. The highest BCUT2D eigenvalue weighted by molar-refractivity contribution is 6.08. The molecule has 0 aliphatic rings. The highest BCUT2D eigenvalue weighted by Crippen LogP contribution is 2.43. The monoisotopic (exact) mass is 402 g/mol. The van der Waals surface area contributed by atoms with Crippen molar-refractivity contribution in [2.45, 2.75) is 38.3 Å². The minimum atomic E-state index is -1.10. The van der Waals surface area contributed by atoms with Crippen LogP contribution in [-0.4, -0.2) is 32.6 Å². The zero-order valence-corrected chi connectivity index (χ0v) is 17.0. The SMILES string of the molecule is C[C@H](O)[C@H](O)c1ccc2ccccc2c1-c1c([C@@H](O)[C@H](C)O)ccc2ccccc12. The topological polar surface area (TPSA) is 80.9 Å². The molecule has 0 spiro atoms. The number of rotatable bonds is 5. The van der Waals surface area contributed by atoms with E-state index in [1.165, 1.54) is 0 Å². The van der Waals surface area contributed by atoms with Gasteiger partial charge in [0.25, 0.3) is 0 Å². The number of fused-ring (bicyclic) bond motifs is 2. The normalized spacial score (nSPS) is 15.8. The molecule has 0 aliphatic heterocycles. The molecule has 4 rings (SSSR count). The van der Waals surface area contributed by atoms with E-state index in [1.807, 2.05) is 72.8 Å². The lowest BCUT2D eigenvalue weighted by Gasteiger charge is -2.25. The summed E-state index contributed by atoms with van der Waals surface area (Å²) in [6.07, 6.45) is -4.13. The average Bonchev–Trinajstić information content (AvgIpc) is 2.76. The molecule has 0 saturated heterocycles. The first-order valence-electron chi connectivity index (χ1n) is 10.2. The van der Waals surface area contributed by atoms with Crippen molar-refractivity contribution < 1.29 is 20.4 Å². The Morgan fingerprint density at radius 3 is 1.23 bits per heavy atom. The maximum atomic E-state index is 10.8. The Labute approximate surface area is 175 Å². The molecule has 0 bridgehead atoms. The summed E-state index contributed by atoms with van der Waals surface area (Å²) in [5, 5.41) is 45.8. The Kier molecular flexibility index (Phi) is 5.58. The van der Waals surface area contributed by atoms with Gasteiger partial charge in [-0.1, -0.05) is 72.8 Å². The number of benzene rings is 4. The molecule has 0 amide bonds. The van der Waals surface area contributed by atoms with Crippen LogP contribution in [0.15, 0.2) is 72.8 Å². The van der Waals surface area contributed by atoms with Crippen LogP contribution in [0.4, 0.5) is 0 Å². The van der Waals surface area contributed by atoms with E-state index in [9.17, 15) is 20.4 Å². The van der Waals surface area contributed by atoms with Gasteiger partial charge >= 0.3 is 0 Å². The van der Waals surface area contributed by atoms with Gasteiger partial charge in [-0.25, -0.2) is 0 Å². The summed E-state index contributed by atoms with van der Waals surface area (Å²) < 4.78 is 0. The van der Waals surface area contributed by atoms with Gasteiger partial charge in [-0.05, 0) is 57.6 Å². The van der Waals surface area contributed by atoms with Crippen LogP contribution in [0.5, 0.6) is 0 Å². The van der Waals surface area contributed by atoms with Crippen LogP contribution >= 0.6 is 0 Å². The lowest BCUT2D eigenvalue weighted by Crippen LogP contribution is -2.17. The molecular weight excluding hydrogens is 376 g/mol. The Morgan fingerprint density at radius 1 is 0.500 bits per heavy atom. The second-order valence-electron chi connectivity index (χ2n) is 7.87. The molecule has 4 N–H and O–H groups in total. The summed E-state index contributed by atoms with van der Waals surface area (Å²) in [5.41, 5.74) is 2.68. The van der Waals surface area contributed by atoms with Gasteiger partial charge in [0, 0.05) is 0 Å². The van der Waals surface area contributed by atoms with E-state index < -0.39 is 24.4 Å². The fourth-order valence-corrected chi connectivity index (χ4v) is 4.15. The molecule has 0 unspecified atom stereocenters. The third-order valence-corrected chi connectivity index (χ3v) is 5.72. The highest BCUT2D eigenvalue weighted by atomic mass is 16.3. The highest BCUT2D eigenvalue weighted by Gasteiger charge is 2.26. The summed E-state index contributed by atoms with van der Waals surface area (Å²) in [7, 11) is 0. The molecule has 4 aromatic rings. The number of aliphatic hydroxyl groups is 4. The lowest BCUT2D eigenvalue weighted by molar-refractivity contribution is 0.0299. The quantitative estimate of drug-likeness (QED) is 0.397. The van der Waals surface area contributed by atoms with Crippen molar-refractivity contribution in [3.8, 4) is 11.1 Å². The maximum Gasteiger partial charge on any atom is 0.105 e. The Bertz CT molecular complexity index is 1100. The van der Waals surface area contributed by atoms with Crippen LogP contribution in [-0.2, 0) is 0 Å². The number of aliphatic hydroxyl groups excluding tert-OH is 4. The van der Waals surface area contributed by atoms with E-state index >= 15 is 0 Å². The average molecular weight is 402 g/mol. The number of hydrogen-bond acceptors (Lipinski definition) is 4. The number of hydrogen-bond donors (Lipinski definition) is 4. The predicted molar refractivity (Wildman–Crippen MR) is 120 cm³/mol. The minimum absolute atomic E-state index is 0.582. The molecule has 4 nitrogen and oxygen atoms in total. The second-order valence-corrected chi connectivity index (χ2v) is 7.87. The van der Waals surface area contributed by atoms with Gasteiger partial charge in [0.05, 0.1) is 12.2 Å². The van der Waals surface area contributed by atoms with Crippen molar-refractivity contribution >= 4 is 21.5 Å². The minimum Gasteiger partial charge on any atom is -0.390 e. The first-order valence-corrected chi connectivity index (χ1v) is 10.2. The molecule has 0 aliphatic carbocycles. The van der Waals surface area contributed by atoms with E-state index in [0.717, 1.165) is 32.7 Å². The summed E-state index contributed by atoms with van der Waals surface area (Å²) >= 11 is 0. The molecule has 0 fully saturated rings. The fraction of sp³-hybridized carbons (Fsp3) is 0.231. The van der Waals surface area contributed by atoms with Gasteiger partial charge in [0.2, 0.25) is 0 Å². The van der Waals surface area contributed by atoms with Gasteiger partial charge in [-0.15, -0.1) is 0 Å². The van der Waals surface area contributed by atoms with Crippen LogP contribution in [0.1, 0.15) is 37.2 Å². The van der Waals surface area contributed by atoms with Gasteiger partial charge < -0.3 is 20.4 Å². The van der Waals surface area contributed by atoms with Gasteiger partial charge in [-0.3, -0.25) is 0 Å². The second kappa shape index (κ2) is 8.17. The molecule has 0 saturated carbocycles. The molecular formula is C26H26O4. The summed E-state index contributed by atoms with van der Waals surface area (Å²) in [6, 6.07) is 23.2. The van der Waals surface area contributed by atoms with Crippen LogP contribution in [0.25, 0.3) is 32.7 Å². The molecule has 0 radical (unpaired) electrons. The molecule has 4 atom stereocenters. The van der Waals surface area contributed by atoms with Crippen LogP contribution in [0.2, 0.25) is 0 Å². The van der Waals surface area contributed by atoms with Crippen molar-refractivity contribution in [1.29, 1.82) is 0 Å². The largest absolute Gasteiger partial charge is 0.390 e. The van der Waals surface area contributed by atoms with E-state index in [4.69, 9.17) is 0 Å². The van der Waals surface area contributed by atoms with E-state index in [0.29, 0.717) is 11.1 Å². The lowest BCUT2D eigenvalue weighted by atomic mass is 9.83. The Morgan fingerprint density at radius 2 is 0.867 bits per heavy atom. The first kappa shape index (κ1) is 20.5. The predicted octanol–water partition coefficient (Wildman–Crippen LogP) is 4.49. The van der Waals surface area contributed by atoms with Crippen molar-refractivity contribution in [1.82, 2.24) is 0 Å². The molecule has 4 heteroatoms. The standard InChI is InChI=1S/C26H26O4/c1-15(27)25(29)21-13-11-17-7-3-5-9-19(17)23(21)24-20-10-6-4-8-18(20)12-14-22(24)26(30)16(2)28/h3-16,25-30H,1-2H3/t15-,16-,25-,26-/m0/s1.